The molecule has 0 amide bonds. The molecule has 18 heavy (non-hydrogen) atoms. The van der Waals surface area contributed by atoms with Crippen LogP contribution in [0, 0.1) is 0 Å². The number of rotatable bonds is 4. The molecule has 6 heteroatoms. The monoisotopic (exact) mass is 244 g/mol. The van der Waals surface area contributed by atoms with Gasteiger partial charge in [0.15, 0.2) is 0 Å². The Labute approximate surface area is 105 Å². The van der Waals surface area contributed by atoms with Gasteiger partial charge in [0.1, 0.15) is 12.2 Å². The van der Waals surface area contributed by atoms with Gasteiger partial charge in [0.2, 0.25) is 0 Å². The van der Waals surface area contributed by atoms with Gasteiger partial charge in [-0.15, -0.1) is 10.2 Å². The maximum Gasteiger partial charge on any atom is 0.147 e. The largest absolute Gasteiger partial charge is 0.313 e. The summed E-state index contributed by atoms with van der Waals surface area (Å²) in [5.74, 6) is 1.11. The molecule has 1 aliphatic carbocycles. The Bertz CT molecular complexity index is 521. The van der Waals surface area contributed by atoms with E-state index < -0.39 is 0 Å². The summed E-state index contributed by atoms with van der Waals surface area (Å²) in [5.41, 5.74) is 0. The Hall–Kier alpha value is -1.69. The van der Waals surface area contributed by atoms with E-state index in [-0.39, 0.29) is 0 Å². The SMILES string of the molecule is c1cnn(C2CN(Cc3nncn3C3CC3)C2)c1. The molecule has 0 bridgehead atoms. The molecule has 0 N–H and O–H groups in total. The van der Waals surface area contributed by atoms with Gasteiger partial charge in [-0.05, 0) is 18.9 Å². The lowest BCUT2D eigenvalue weighted by Gasteiger charge is -2.38. The molecule has 4 rings (SSSR count). The van der Waals surface area contributed by atoms with Crippen LogP contribution in [0.5, 0.6) is 0 Å². The van der Waals surface area contributed by atoms with Gasteiger partial charge < -0.3 is 4.57 Å². The van der Waals surface area contributed by atoms with Gasteiger partial charge in [-0.2, -0.15) is 5.10 Å². The zero-order valence-corrected chi connectivity index (χ0v) is 10.2. The molecule has 0 radical (unpaired) electrons. The molecule has 0 atom stereocenters. The summed E-state index contributed by atoms with van der Waals surface area (Å²) in [6, 6.07) is 3.17. The average Bonchev–Trinajstić information content (AvgIpc) is 2.87. The molecule has 0 unspecified atom stereocenters. The Morgan fingerprint density at radius 2 is 2.11 bits per heavy atom. The van der Waals surface area contributed by atoms with Gasteiger partial charge in [0.05, 0.1) is 12.6 Å². The van der Waals surface area contributed by atoms with Crippen molar-refractivity contribution in [3.8, 4) is 0 Å². The molecule has 3 heterocycles. The van der Waals surface area contributed by atoms with Crippen molar-refractivity contribution < 1.29 is 0 Å². The predicted octanol–water partition coefficient (Wildman–Crippen LogP) is 0.866. The van der Waals surface area contributed by atoms with E-state index in [0.717, 1.165) is 25.5 Å². The molecule has 0 spiro atoms. The summed E-state index contributed by atoms with van der Waals surface area (Å²) in [5, 5.41) is 12.6. The summed E-state index contributed by atoms with van der Waals surface area (Å²) < 4.78 is 4.28. The summed E-state index contributed by atoms with van der Waals surface area (Å²) in [6.07, 6.45) is 8.31. The van der Waals surface area contributed by atoms with Gasteiger partial charge >= 0.3 is 0 Å². The second kappa shape index (κ2) is 3.91. The minimum atomic E-state index is 0.525. The standard InChI is InChI=1S/C12H16N6/c1-4-14-18(5-1)11-6-16(7-11)8-12-15-13-9-17(12)10-2-3-10/h1,4-5,9-11H,2-3,6-8H2. The molecule has 6 nitrogen and oxygen atoms in total. The summed E-state index contributed by atoms with van der Waals surface area (Å²) in [7, 11) is 0. The highest BCUT2D eigenvalue weighted by Crippen LogP contribution is 2.35. The lowest BCUT2D eigenvalue weighted by molar-refractivity contribution is 0.0867. The highest BCUT2D eigenvalue weighted by atomic mass is 15.4. The van der Waals surface area contributed by atoms with Crippen molar-refractivity contribution in [3.63, 3.8) is 0 Å². The second-order valence-corrected chi connectivity index (χ2v) is 5.22. The normalized spacial score (nSPS) is 21.1. The molecule has 94 valence electrons. The molecule has 2 aliphatic rings. The van der Waals surface area contributed by atoms with Gasteiger partial charge in [0, 0.05) is 31.5 Å². The van der Waals surface area contributed by atoms with Crippen molar-refractivity contribution >= 4 is 0 Å². The summed E-state index contributed by atoms with van der Waals surface area (Å²) in [4.78, 5) is 2.40. The zero-order chi connectivity index (χ0) is 11.9. The fourth-order valence-electron chi connectivity index (χ4n) is 2.57. The highest BCUT2D eigenvalue weighted by Gasteiger charge is 2.31. The molecule has 1 saturated heterocycles. The Kier molecular flexibility index (Phi) is 2.23. The number of likely N-dealkylation sites (tertiary alicyclic amines) is 1. The van der Waals surface area contributed by atoms with E-state index in [2.05, 4.69) is 24.8 Å². The van der Waals surface area contributed by atoms with Gasteiger partial charge in [0.25, 0.3) is 0 Å². The van der Waals surface area contributed by atoms with Crippen molar-refractivity contribution in [1.82, 2.24) is 29.4 Å². The van der Waals surface area contributed by atoms with Gasteiger partial charge in [-0.1, -0.05) is 0 Å². The third-order valence-corrected chi connectivity index (χ3v) is 3.79. The molecule has 2 aromatic heterocycles. The van der Waals surface area contributed by atoms with Crippen LogP contribution in [-0.2, 0) is 6.54 Å². The van der Waals surface area contributed by atoms with E-state index in [0.29, 0.717) is 12.1 Å². The van der Waals surface area contributed by atoms with E-state index >= 15 is 0 Å². The third-order valence-electron chi connectivity index (χ3n) is 3.79. The minimum absolute atomic E-state index is 0.525. The first-order valence-corrected chi connectivity index (χ1v) is 6.50. The van der Waals surface area contributed by atoms with E-state index in [1.165, 1.54) is 12.8 Å². The van der Waals surface area contributed by atoms with E-state index in [1.54, 1.807) is 0 Å². The topological polar surface area (TPSA) is 51.8 Å². The highest BCUT2D eigenvalue weighted by molar-refractivity contribution is 4.97. The smallest absolute Gasteiger partial charge is 0.147 e. The number of hydrogen-bond donors (Lipinski definition) is 0. The van der Waals surface area contributed by atoms with E-state index in [4.69, 9.17) is 0 Å². The summed E-state index contributed by atoms with van der Waals surface area (Å²) in [6.45, 7) is 3.02. The Balaban J connectivity index is 1.38. The fourth-order valence-corrected chi connectivity index (χ4v) is 2.57. The predicted molar refractivity (Wildman–Crippen MR) is 64.8 cm³/mol. The lowest BCUT2D eigenvalue weighted by Crippen LogP contribution is -2.47. The quantitative estimate of drug-likeness (QED) is 0.800. The van der Waals surface area contributed by atoms with Crippen LogP contribution in [0.3, 0.4) is 0 Å². The second-order valence-electron chi connectivity index (χ2n) is 5.22. The van der Waals surface area contributed by atoms with Gasteiger partial charge in [-0.25, -0.2) is 0 Å². The Morgan fingerprint density at radius 3 is 2.83 bits per heavy atom. The fraction of sp³-hybridized carbons (Fsp3) is 0.583. The molecular weight excluding hydrogens is 228 g/mol. The first-order chi connectivity index (χ1) is 8.90. The van der Waals surface area contributed by atoms with Gasteiger partial charge in [-0.3, -0.25) is 9.58 Å². The van der Waals surface area contributed by atoms with Crippen molar-refractivity contribution in [2.45, 2.75) is 31.5 Å². The Morgan fingerprint density at radius 1 is 1.22 bits per heavy atom. The maximum atomic E-state index is 4.28. The number of hydrogen-bond acceptors (Lipinski definition) is 4. The third kappa shape index (κ3) is 1.73. The van der Waals surface area contributed by atoms with Crippen molar-refractivity contribution in [2.75, 3.05) is 13.1 Å². The van der Waals surface area contributed by atoms with Crippen LogP contribution >= 0.6 is 0 Å². The van der Waals surface area contributed by atoms with Crippen LogP contribution in [0.4, 0.5) is 0 Å². The first kappa shape index (κ1) is 10.3. The summed E-state index contributed by atoms with van der Waals surface area (Å²) >= 11 is 0. The van der Waals surface area contributed by atoms with Crippen LogP contribution in [0.15, 0.2) is 24.8 Å². The molecule has 2 aromatic rings. The van der Waals surface area contributed by atoms with Crippen LogP contribution in [0.1, 0.15) is 30.7 Å². The molecule has 0 aromatic carbocycles. The van der Waals surface area contributed by atoms with E-state index in [1.807, 2.05) is 29.5 Å². The lowest BCUT2D eigenvalue weighted by atomic mass is 10.1. The average molecular weight is 244 g/mol. The maximum absolute atomic E-state index is 4.28. The molecule has 1 aliphatic heterocycles. The van der Waals surface area contributed by atoms with Crippen LogP contribution in [-0.4, -0.2) is 42.5 Å². The number of nitrogens with zero attached hydrogens (tertiary/aromatic N) is 6. The molecular formula is C12H16N6. The first-order valence-electron chi connectivity index (χ1n) is 6.50. The van der Waals surface area contributed by atoms with Crippen molar-refractivity contribution in [3.05, 3.63) is 30.6 Å². The zero-order valence-electron chi connectivity index (χ0n) is 10.2. The minimum Gasteiger partial charge on any atom is -0.313 e. The van der Waals surface area contributed by atoms with Crippen LogP contribution in [0.25, 0.3) is 0 Å². The molecule has 2 fully saturated rings. The van der Waals surface area contributed by atoms with E-state index in [9.17, 15) is 0 Å². The van der Waals surface area contributed by atoms with Crippen LogP contribution < -0.4 is 0 Å². The molecule has 1 saturated carbocycles. The van der Waals surface area contributed by atoms with Crippen LogP contribution in [0.2, 0.25) is 0 Å². The van der Waals surface area contributed by atoms with Crippen molar-refractivity contribution in [1.29, 1.82) is 0 Å². The number of aromatic nitrogens is 5. The van der Waals surface area contributed by atoms with Crippen molar-refractivity contribution in [2.24, 2.45) is 0 Å².